The third-order valence-corrected chi connectivity index (χ3v) is 3.56. The van der Waals surface area contributed by atoms with E-state index >= 15 is 0 Å². The van der Waals surface area contributed by atoms with Crippen LogP contribution in [0.2, 0.25) is 0 Å². The van der Waals surface area contributed by atoms with Crippen molar-refractivity contribution in [3.63, 3.8) is 0 Å². The monoisotopic (exact) mass is 275 g/mol. The Bertz CT molecular complexity index is 571. The minimum Gasteiger partial charge on any atom is -0.368 e. The molecular formula is C15H25N5. The van der Waals surface area contributed by atoms with E-state index in [0.717, 1.165) is 30.0 Å². The van der Waals surface area contributed by atoms with Crippen LogP contribution in [0.3, 0.4) is 0 Å². The van der Waals surface area contributed by atoms with Crippen molar-refractivity contribution in [2.45, 2.75) is 40.0 Å². The van der Waals surface area contributed by atoms with Crippen LogP contribution in [-0.4, -0.2) is 27.7 Å². The van der Waals surface area contributed by atoms with Gasteiger partial charge in [0, 0.05) is 18.9 Å². The molecule has 0 aliphatic carbocycles. The highest BCUT2D eigenvalue weighted by Crippen LogP contribution is 2.23. The third-order valence-electron chi connectivity index (χ3n) is 3.56. The molecule has 0 saturated carbocycles. The van der Waals surface area contributed by atoms with Crippen molar-refractivity contribution in [2.75, 3.05) is 18.4 Å². The summed E-state index contributed by atoms with van der Waals surface area (Å²) in [4.78, 5) is 4.44. The molecule has 0 aliphatic heterocycles. The molecule has 0 amide bonds. The second-order valence-electron chi connectivity index (χ2n) is 6.39. The third kappa shape index (κ3) is 3.28. The van der Waals surface area contributed by atoms with Gasteiger partial charge >= 0.3 is 0 Å². The lowest BCUT2D eigenvalue weighted by atomic mass is 9.89. The zero-order chi connectivity index (χ0) is 14.8. The van der Waals surface area contributed by atoms with E-state index in [0.29, 0.717) is 12.5 Å². The Hall–Kier alpha value is -1.62. The molecule has 0 saturated heterocycles. The molecular weight excluding hydrogens is 250 g/mol. The summed E-state index contributed by atoms with van der Waals surface area (Å²) in [5, 5.41) is 8.01. The van der Waals surface area contributed by atoms with Gasteiger partial charge in [0.1, 0.15) is 5.52 Å². The SMILES string of the molecule is CC(C)c1cc2c(NCC(C)(C)CCN)nccn2n1. The molecule has 2 aromatic rings. The molecule has 2 aromatic heterocycles. The maximum atomic E-state index is 5.65. The molecule has 0 atom stereocenters. The van der Waals surface area contributed by atoms with Gasteiger partial charge in [0.05, 0.1) is 5.69 Å². The lowest BCUT2D eigenvalue weighted by Crippen LogP contribution is -2.26. The predicted octanol–water partition coefficient (Wildman–Crippen LogP) is 2.64. The summed E-state index contributed by atoms with van der Waals surface area (Å²) in [6, 6.07) is 2.11. The molecule has 5 nitrogen and oxygen atoms in total. The number of hydrogen-bond acceptors (Lipinski definition) is 4. The lowest BCUT2D eigenvalue weighted by molar-refractivity contribution is 0.365. The van der Waals surface area contributed by atoms with E-state index in [4.69, 9.17) is 5.73 Å². The van der Waals surface area contributed by atoms with Gasteiger partial charge in [-0.3, -0.25) is 0 Å². The van der Waals surface area contributed by atoms with Crippen LogP contribution in [0.15, 0.2) is 18.5 Å². The number of nitrogens with two attached hydrogens (primary N) is 1. The van der Waals surface area contributed by atoms with Gasteiger partial charge in [-0.2, -0.15) is 5.10 Å². The fraction of sp³-hybridized carbons (Fsp3) is 0.600. The minimum atomic E-state index is 0.157. The summed E-state index contributed by atoms with van der Waals surface area (Å²) in [5.74, 6) is 1.30. The van der Waals surface area contributed by atoms with Gasteiger partial charge in [0.15, 0.2) is 5.82 Å². The molecule has 20 heavy (non-hydrogen) atoms. The molecule has 3 N–H and O–H groups in total. The molecule has 0 fully saturated rings. The van der Waals surface area contributed by atoms with Crippen LogP contribution in [0.1, 0.15) is 45.7 Å². The van der Waals surface area contributed by atoms with E-state index in [1.165, 1.54) is 0 Å². The van der Waals surface area contributed by atoms with Crippen LogP contribution in [0.25, 0.3) is 5.52 Å². The van der Waals surface area contributed by atoms with Crippen LogP contribution in [0, 0.1) is 5.41 Å². The number of anilines is 1. The van der Waals surface area contributed by atoms with Gasteiger partial charge < -0.3 is 11.1 Å². The average Bonchev–Trinajstić information content (AvgIpc) is 2.80. The quantitative estimate of drug-likeness (QED) is 0.850. The summed E-state index contributed by atoms with van der Waals surface area (Å²) < 4.78 is 1.89. The van der Waals surface area contributed by atoms with Crippen LogP contribution in [0.5, 0.6) is 0 Å². The van der Waals surface area contributed by atoms with Gasteiger partial charge in [0.2, 0.25) is 0 Å². The van der Waals surface area contributed by atoms with E-state index in [2.05, 4.69) is 49.2 Å². The van der Waals surface area contributed by atoms with E-state index in [1.54, 1.807) is 6.20 Å². The maximum Gasteiger partial charge on any atom is 0.152 e. The molecule has 2 heterocycles. The Kier molecular flexibility index (Phi) is 4.28. The van der Waals surface area contributed by atoms with Crippen molar-refractivity contribution in [3.05, 3.63) is 24.2 Å². The molecule has 5 heteroatoms. The summed E-state index contributed by atoms with van der Waals surface area (Å²) in [6.07, 6.45) is 4.65. The second kappa shape index (κ2) is 5.79. The van der Waals surface area contributed by atoms with Gasteiger partial charge in [-0.1, -0.05) is 27.7 Å². The van der Waals surface area contributed by atoms with E-state index in [-0.39, 0.29) is 5.41 Å². The number of nitrogens with one attached hydrogen (secondary N) is 1. The van der Waals surface area contributed by atoms with E-state index in [9.17, 15) is 0 Å². The Morgan fingerprint density at radius 2 is 2.15 bits per heavy atom. The zero-order valence-corrected chi connectivity index (χ0v) is 12.8. The molecule has 0 aliphatic rings. The summed E-state index contributed by atoms with van der Waals surface area (Å²) >= 11 is 0. The Labute approximate surface area is 120 Å². The molecule has 0 spiro atoms. The van der Waals surface area contributed by atoms with E-state index in [1.807, 2.05) is 10.7 Å². The number of fused-ring (bicyclic) bond motifs is 1. The molecule has 0 bridgehead atoms. The number of hydrogen-bond donors (Lipinski definition) is 2. The zero-order valence-electron chi connectivity index (χ0n) is 12.8. The van der Waals surface area contributed by atoms with Crippen molar-refractivity contribution in [1.29, 1.82) is 0 Å². The van der Waals surface area contributed by atoms with Gasteiger partial charge in [0.25, 0.3) is 0 Å². The van der Waals surface area contributed by atoms with Crippen molar-refractivity contribution in [3.8, 4) is 0 Å². The van der Waals surface area contributed by atoms with Crippen LogP contribution in [0.4, 0.5) is 5.82 Å². The van der Waals surface area contributed by atoms with E-state index < -0.39 is 0 Å². The summed E-state index contributed by atoms with van der Waals surface area (Å²) in [7, 11) is 0. The summed E-state index contributed by atoms with van der Waals surface area (Å²) in [5.41, 5.74) is 7.92. The van der Waals surface area contributed by atoms with Crippen LogP contribution < -0.4 is 11.1 Å². The number of rotatable bonds is 6. The molecule has 0 radical (unpaired) electrons. The maximum absolute atomic E-state index is 5.65. The largest absolute Gasteiger partial charge is 0.368 e. The topological polar surface area (TPSA) is 68.2 Å². The second-order valence-corrected chi connectivity index (χ2v) is 6.39. The average molecular weight is 275 g/mol. The molecule has 2 rings (SSSR count). The molecule has 0 aromatic carbocycles. The molecule has 0 unspecified atom stereocenters. The van der Waals surface area contributed by atoms with Crippen molar-refractivity contribution in [2.24, 2.45) is 11.1 Å². The fourth-order valence-electron chi connectivity index (χ4n) is 2.16. The van der Waals surface area contributed by atoms with Crippen molar-refractivity contribution in [1.82, 2.24) is 14.6 Å². The van der Waals surface area contributed by atoms with Crippen LogP contribution >= 0.6 is 0 Å². The normalized spacial score (nSPS) is 12.3. The first-order valence-corrected chi connectivity index (χ1v) is 7.21. The van der Waals surface area contributed by atoms with Crippen LogP contribution in [-0.2, 0) is 0 Å². The highest BCUT2D eigenvalue weighted by atomic mass is 15.2. The highest BCUT2D eigenvalue weighted by Gasteiger charge is 2.17. The fourth-order valence-corrected chi connectivity index (χ4v) is 2.16. The first-order valence-electron chi connectivity index (χ1n) is 7.21. The Balaban J connectivity index is 2.22. The minimum absolute atomic E-state index is 0.157. The van der Waals surface area contributed by atoms with Gasteiger partial charge in [-0.15, -0.1) is 0 Å². The lowest BCUT2D eigenvalue weighted by Gasteiger charge is -2.24. The molecule has 110 valence electrons. The smallest absolute Gasteiger partial charge is 0.152 e. The summed E-state index contributed by atoms with van der Waals surface area (Å²) in [6.45, 7) is 10.3. The van der Waals surface area contributed by atoms with Gasteiger partial charge in [-0.25, -0.2) is 9.50 Å². The van der Waals surface area contributed by atoms with Gasteiger partial charge in [-0.05, 0) is 30.4 Å². The van der Waals surface area contributed by atoms with Crippen molar-refractivity contribution >= 4 is 11.3 Å². The number of nitrogens with zero attached hydrogens (tertiary/aromatic N) is 3. The first-order chi connectivity index (χ1) is 9.43. The Morgan fingerprint density at radius 3 is 2.80 bits per heavy atom. The van der Waals surface area contributed by atoms with Crippen molar-refractivity contribution < 1.29 is 0 Å². The Morgan fingerprint density at radius 1 is 1.40 bits per heavy atom. The first kappa shape index (κ1) is 14.8. The highest BCUT2D eigenvalue weighted by molar-refractivity contribution is 5.67. The standard InChI is InChI=1S/C15H25N5/c1-11(2)12-9-13-14(17-7-8-20(13)19-12)18-10-15(3,4)5-6-16/h7-9,11H,5-6,10,16H2,1-4H3,(H,17,18). The number of aromatic nitrogens is 3. The predicted molar refractivity (Wildman–Crippen MR) is 83.0 cm³/mol.